The van der Waals surface area contributed by atoms with Gasteiger partial charge in [-0.3, -0.25) is 19.2 Å². The van der Waals surface area contributed by atoms with Crippen LogP contribution >= 0.6 is 11.6 Å². The van der Waals surface area contributed by atoms with E-state index < -0.39 is 67.3 Å². The number of hydrogen-bond donors (Lipinski definition) is 0. The third kappa shape index (κ3) is 8.87. The van der Waals surface area contributed by atoms with Crippen LogP contribution in [-0.4, -0.2) is 91.7 Å². The molecule has 5 atom stereocenters. The molecule has 13 heteroatoms. The Balaban J connectivity index is 3.29. The molecule has 32 heavy (non-hydrogen) atoms. The van der Waals surface area contributed by atoms with E-state index in [9.17, 15) is 24.0 Å². The first-order valence-electron chi connectivity index (χ1n) is 9.74. The highest BCUT2D eigenvalue weighted by Crippen LogP contribution is 2.30. The number of carbonyl (C=O) groups is 5. The van der Waals surface area contributed by atoms with Crippen molar-refractivity contribution in [2.75, 3.05) is 26.1 Å². The van der Waals surface area contributed by atoms with Gasteiger partial charge in [0, 0.05) is 47.2 Å². The van der Waals surface area contributed by atoms with Gasteiger partial charge in [0.25, 0.3) is 0 Å². The summed E-state index contributed by atoms with van der Waals surface area (Å²) in [6.07, 6.45) is -7.34. The summed E-state index contributed by atoms with van der Waals surface area (Å²) in [4.78, 5) is 60.1. The lowest BCUT2D eigenvalue weighted by atomic mass is 9.98. The van der Waals surface area contributed by atoms with Gasteiger partial charge in [-0.05, 0) is 6.42 Å². The molecule has 0 N–H and O–H groups in total. The van der Waals surface area contributed by atoms with Gasteiger partial charge < -0.3 is 33.3 Å². The minimum absolute atomic E-state index is 0.271. The lowest BCUT2D eigenvalue weighted by Gasteiger charge is -2.43. The van der Waals surface area contributed by atoms with Crippen molar-refractivity contribution in [2.45, 2.75) is 64.8 Å². The molecule has 0 unspecified atom stereocenters. The molecule has 0 bridgehead atoms. The molecule has 1 rings (SSSR count). The Hall–Kier alpha value is -2.60. The molecule has 0 radical (unpaired) electrons. The maximum Gasteiger partial charge on any atom is 0.411 e. The van der Waals surface area contributed by atoms with Crippen LogP contribution in [0, 0.1) is 0 Å². The maximum absolute atomic E-state index is 12.5. The van der Waals surface area contributed by atoms with Crippen molar-refractivity contribution in [3.8, 4) is 0 Å². The summed E-state index contributed by atoms with van der Waals surface area (Å²) < 4.78 is 31.7. The predicted molar refractivity (Wildman–Crippen MR) is 106 cm³/mol. The number of amides is 1. The molecule has 0 aliphatic carbocycles. The van der Waals surface area contributed by atoms with Crippen LogP contribution in [-0.2, 0) is 47.6 Å². The van der Waals surface area contributed by atoms with Crippen LogP contribution in [0.1, 0.15) is 34.1 Å². The van der Waals surface area contributed by atoms with Gasteiger partial charge in [-0.2, -0.15) is 0 Å². The number of esters is 4. The van der Waals surface area contributed by atoms with E-state index in [4.69, 9.17) is 40.0 Å². The number of nitrogens with zero attached hydrogens (tertiary/aromatic N) is 1. The number of ether oxygens (including phenoxy) is 6. The summed E-state index contributed by atoms with van der Waals surface area (Å²) in [6.45, 7) is 4.28. The molecule has 0 aromatic rings. The average Bonchev–Trinajstić information content (AvgIpc) is 2.67. The van der Waals surface area contributed by atoms with E-state index in [0.29, 0.717) is 12.3 Å². The Morgan fingerprint density at radius 3 is 1.84 bits per heavy atom. The van der Waals surface area contributed by atoms with Crippen LogP contribution in [0.2, 0.25) is 0 Å². The summed E-state index contributed by atoms with van der Waals surface area (Å²) in [7, 11) is 1.46. The first-order valence-corrected chi connectivity index (χ1v) is 10.3. The second kappa shape index (κ2) is 13.1. The van der Waals surface area contributed by atoms with Crippen molar-refractivity contribution >= 4 is 41.6 Å². The SMILES string of the molecule is CC(=O)OC[C@H]1O[C@@H](OC(=O)N(C)CCCCl)[C@H](OC(C)=O)[C@@H](OC(C)=O)[C@H]1OC(C)=O. The van der Waals surface area contributed by atoms with E-state index in [1.54, 1.807) is 0 Å². The van der Waals surface area contributed by atoms with Gasteiger partial charge in [-0.1, -0.05) is 0 Å². The maximum atomic E-state index is 12.5. The Morgan fingerprint density at radius 1 is 0.812 bits per heavy atom. The lowest BCUT2D eigenvalue weighted by molar-refractivity contribution is -0.295. The van der Waals surface area contributed by atoms with Crippen molar-refractivity contribution in [3.05, 3.63) is 0 Å². The lowest BCUT2D eigenvalue weighted by Crippen LogP contribution is -2.63. The largest absolute Gasteiger partial charge is 0.463 e. The van der Waals surface area contributed by atoms with Gasteiger partial charge in [0.05, 0.1) is 0 Å². The van der Waals surface area contributed by atoms with E-state index in [1.807, 2.05) is 0 Å². The zero-order valence-corrected chi connectivity index (χ0v) is 19.3. The first-order chi connectivity index (χ1) is 15.0. The zero-order valence-electron chi connectivity index (χ0n) is 18.5. The molecule has 0 aromatic heterocycles. The third-order valence-electron chi connectivity index (χ3n) is 4.10. The number of rotatable bonds is 9. The summed E-state index contributed by atoms with van der Waals surface area (Å²) >= 11 is 5.63. The minimum atomic E-state index is -1.57. The predicted octanol–water partition coefficient (Wildman–Crippen LogP) is 0.767. The monoisotopic (exact) mass is 481 g/mol. The highest BCUT2D eigenvalue weighted by Gasteiger charge is 2.54. The van der Waals surface area contributed by atoms with Gasteiger partial charge in [0.1, 0.15) is 12.7 Å². The van der Waals surface area contributed by atoms with E-state index in [2.05, 4.69) is 0 Å². The Morgan fingerprint density at radius 2 is 1.34 bits per heavy atom. The molecule has 1 saturated heterocycles. The van der Waals surface area contributed by atoms with Crippen LogP contribution in [0.15, 0.2) is 0 Å². The van der Waals surface area contributed by atoms with Crippen LogP contribution in [0.4, 0.5) is 4.79 Å². The smallest absolute Gasteiger partial charge is 0.411 e. The van der Waals surface area contributed by atoms with Crippen molar-refractivity contribution in [1.29, 1.82) is 0 Å². The van der Waals surface area contributed by atoms with Gasteiger partial charge in [0.2, 0.25) is 12.4 Å². The Kier molecular flexibility index (Phi) is 11.2. The van der Waals surface area contributed by atoms with Gasteiger partial charge in [0.15, 0.2) is 12.2 Å². The molecule has 0 spiro atoms. The fourth-order valence-corrected chi connectivity index (χ4v) is 2.98. The van der Waals surface area contributed by atoms with E-state index >= 15 is 0 Å². The molecule has 182 valence electrons. The molecule has 0 saturated carbocycles. The molecule has 1 aliphatic rings. The fourth-order valence-electron chi connectivity index (χ4n) is 2.86. The number of halogens is 1. The van der Waals surface area contributed by atoms with E-state index in [1.165, 1.54) is 11.9 Å². The standard InChI is InChI=1S/C19H28ClNO11/c1-10(22)27-9-14-15(28-11(2)23)16(29-12(3)24)17(30-13(4)25)18(31-14)32-19(26)21(5)8-6-7-20/h14-18H,6-9H2,1-5H3/t14-,15+,16+,17-,18+/m1/s1. The van der Waals surface area contributed by atoms with Crippen LogP contribution in [0.3, 0.4) is 0 Å². The highest BCUT2D eigenvalue weighted by molar-refractivity contribution is 6.17. The summed E-state index contributed by atoms with van der Waals surface area (Å²) in [5, 5.41) is 0. The number of carbonyl (C=O) groups excluding carboxylic acids is 5. The van der Waals surface area contributed by atoms with Crippen molar-refractivity contribution in [2.24, 2.45) is 0 Å². The van der Waals surface area contributed by atoms with E-state index in [-0.39, 0.29) is 6.54 Å². The molecule has 1 fully saturated rings. The van der Waals surface area contributed by atoms with E-state index in [0.717, 1.165) is 27.7 Å². The summed E-state index contributed by atoms with van der Waals surface area (Å²) in [5.41, 5.74) is 0. The molecule has 1 aliphatic heterocycles. The second-order valence-electron chi connectivity index (χ2n) is 6.92. The second-order valence-corrected chi connectivity index (χ2v) is 7.29. The average molecular weight is 482 g/mol. The topological polar surface area (TPSA) is 144 Å². The molecule has 1 heterocycles. The molecule has 1 amide bonds. The van der Waals surface area contributed by atoms with Crippen LogP contribution < -0.4 is 0 Å². The highest BCUT2D eigenvalue weighted by atomic mass is 35.5. The fraction of sp³-hybridized carbons (Fsp3) is 0.737. The quantitative estimate of drug-likeness (QED) is 0.261. The van der Waals surface area contributed by atoms with Gasteiger partial charge >= 0.3 is 30.0 Å². The summed E-state index contributed by atoms with van der Waals surface area (Å²) in [6, 6.07) is 0. The summed E-state index contributed by atoms with van der Waals surface area (Å²) in [5.74, 6) is -2.69. The van der Waals surface area contributed by atoms with Gasteiger partial charge in [-0.15, -0.1) is 11.6 Å². The minimum Gasteiger partial charge on any atom is -0.463 e. The number of alkyl halides is 1. The van der Waals surface area contributed by atoms with Crippen LogP contribution in [0.25, 0.3) is 0 Å². The van der Waals surface area contributed by atoms with Gasteiger partial charge in [-0.25, -0.2) is 4.79 Å². The number of hydrogen-bond acceptors (Lipinski definition) is 11. The zero-order chi connectivity index (χ0) is 24.4. The van der Waals surface area contributed by atoms with Crippen molar-refractivity contribution in [3.63, 3.8) is 0 Å². The Bertz CT molecular complexity index is 701. The Labute approximate surface area is 190 Å². The molecular formula is C19H28ClNO11. The van der Waals surface area contributed by atoms with Crippen molar-refractivity contribution in [1.82, 2.24) is 4.90 Å². The van der Waals surface area contributed by atoms with Crippen LogP contribution in [0.5, 0.6) is 0 Å². The third-order valence-corrected chi connectivity index (χ3v) is 4.37. The molecule has 0 aromatic carbocycles. The molecule has 12 nitrogen and oxygen atoms in total. The first kappa shape index (κ1) is 27.4. The normalized spacial score (nSPS) is 24.6. The molecular weight excluding hydrogens is 454 g/mol. The van der Waals surface area contributed by atoms with Crippen molar-refractivity contribution < 1.29 is 52.4 Å².